The minimum atomic E-state index is -0.228. The zero-order valence-corrected chi connectivity index (χ0v) is 11.5. The Morgan fingerprint density at radius 3 is 2.78 bits per heavy atom. The molecule has 0 saturated carbocycles. The summed E-state index contributed by atoms with van der Waals surface area (Å²) in [5, 5.41) is 3.00. The fraction of sp³-hybridized carbons (Fsp3) is 0.167. The van der Waals surface area contributed by atoms with Gasteiger partial charge >= 0.3 is 0 Å². The van der Waals surface area contributed by atoms with Crippen molar-refractivity contribution in [2.75, 3.05) is 11.1 Å². The smallest absolute Gasteiger partial charge is 0.265 e. The van der Waals surface area contributed by atoms with Gasteiger partial charge in [-0.05, 0) is 31.5 Å². The van der Waals surface area contributed by atoms with Crippen LogP contribution in [0.1, 0.15) is 20.1 Å². The minimum absolute atomic E-state index is 0.228. The molecule has 0 fully saturated rings. The van der Waals surface area contributed by atoms with Crippen molar-refractivity contribution in [3.8, 4) is 0 Å². The molecule has 6 heteroatoms. The van der Waals surface area contributed by atoms with Gasteiger partial charge in [0.1, 0.15) is 0 Å². The molecule has 2 aromatic rings. The lowest BCUT2D eigenvalue weighted by Crippen LogP contribution is -2.11. The van der Waals surface area contributed by atoms with Crippen LogP contribution in [-0.2, 0) is 0 Å². The zero-order valence-electron chi connectivity index (χ0n) is 9.95. The molecule has 0 aliphatic heterocycles. The first-order valence-electron chi connectivity index (χ1n) is 5.27. The van der Waals surface area contributed by atoms with Crippen molar-refractivity contribution in [2.45, 2.75) is 13.8 Å². The third kappa shape index (κ3) is 2.63. The number of aryl methyl sites for hydroxylation is 2. The zero-order chi connectivity index (χ0) is 13.3. The first-order chi connectivity index (χ1) is 8.47. The van der Waals surface area contributed by atoms with E-state index in [1.165, 1.54) is 11.3 Å². The van der Waals surface area contributed by atoms with Crippen molar-refractivity contribution in [1.82, 2.24) is 4.98 Å². The minimum Gasteiger partial charge on any atom is -0.398 e. The molecular formula is C12H12ClN3OS. The number of pyridine rings is 1. The van der Waals surface area contributed by atoms with Crippen LogP contribution >= 0.6 is 22.9 Å². The number of nitrogens with two attached hydrogens (primary N) is 1. The number of carbonyl (C=O) groups excluding carboxylic acids is 1. The Labute approximate surface area is 114 Å². The summed E-state index contributed by atoms with van der Waals surface area (Å²) in [5.41, 5.74) is 7.77. The Bertz CT molecular complexity index is 590. The van der Waals surface area contributed by atoms with E-state index in [4.69, 9.17) is 17.3 Å². The van der Waals surface area contributed by atoms with Gasteiger partial charge in [-0.1, -0.05) is 11.6 Å². The van der Waals surface area contributed by atoms with Gasteiger partial charge in [0.15, 0.2) is 5.15 Å². The highest BCUT2D eigenvalue weighted by atomic mass is 35.5. The number of nitrogens with one attached hydrogen (secondary N) is 1. The average Bonchev–Trinajstić information content (AvgIpc) is 2.64. The average molecular weight is 282 g/mol. The van der Waals surface area contributed by atoms with Gasteiger partial charge in [-0.3, -0.25) is 4.79 Å². The molecule has 1 amide bonds. The standard InChI is InChI=1S/C12H12ClN3OS/c1-6-3-9(11(13)15-5-6)16-12(17)10-4-8(14)7(2)18-10/h3-5H,14H2,1-2H3,(H,16,17). The van der Waals surface area contributed by atoms with Crippen molar-refractivity contribution in [3.63, 3.8) is 0 Å². The van der Waals surface area contributed by atoms with Gasteiger partial charge in [0.05, 0.1) is 10.6 Å². The fourth-order valence-electron chi connectivity index (χ4n) is 1.43. The molecular weight excluding hydrogens is 270 g/mol. The van der Waals surface area contributed by atoms with Crippen molar-refractivity contribution in [1.29, 1.82) is 0 Å². The molecule has 0 bridgehead atoms. The number of thiophene rings is 1. The molecule has 94 valence electrons. The number of nitrogen functional groups attached to an aromatic ring is 1. The van der Waals surface area contributed by atoms with Gasteiger partial charge in [-0.15, -0.1) is 11.3 Å². The van der Waals surface area contributed by atoms with E-state index in [0.717, 1.165) is 10.4 Å². The summed E-state index contributed by atoms with van der Waals surface area (Å²) in [7, 11) is 0. The highest BCUT2D eigenvalue weighted by Crippen LogP contribution is 2.26. The van der Waals surface area contributed by atoms with Gasteiger partial charge in [-0.2, -0.15) is 0 Å². The van der Waals surface area contributed by atoms with Gasteiger partial charge in [0.2, 0.25) is 0 Å². The summed E-state index contributed by atoms with van der Waals surface area (Å²) in [6.07, 6.45) is 1.64. The van der Waals surface area contributed by atoms with Crippen LogP contribution < -0.4 is 11.1 Å². The highest BCUT2D eigenvalue weighted by Gasteiger charge is 2.13. The number of carbonyl (C=O) groups is 1. The Balaban J connectivity index is 2.23. The normalized spacial score (nSPS) is 10.4. The Morgan fingerprint density at radius 1 is 1.44 bits per heavy atom. The lowest BCUT2D eigenvalue weighted by atomic mass is 10.3. The van der Waals surface area contributed by atoms with E-state index < -0.39 is 0 Å². The summed E-state index contributed by atoms with van der Waals surface area (Å²) < 4.78 is 0. The molecule has 2 aromatic heterocycles. The Morgan fingerprint density at radius 2 is 2.17 bits per heavy atom. The number of aromatic nitrogens is 1. The third-order valence-electron chi connectivity index (χ3n) is 2.40. The molecule has 0 atom stereocenters. The number of anilines is 2. The molecule has 0 radical (unpaired) electrons. The summed E-state index contributed by atoms with van der Waals surface area (Å²) in [4.78, 5) is 17.5. The number of amides is 1. The van der Waals surface area contributed by atoms with Crippen LogP contribution in [0.15, 0.2) is 18.3 Å². The molecule has 0 unspecified atom stereocenters. The first-order valence-corrected chi connectivity index (χ1v) is 6.46. The summed E-state index contributed by atoms with van der Waals surface area (Å²) in [6.45, 7) is 3.75. The lowest BCUT2D eigenvalue weighted by molar-refractivity contribution is 0.103. The number of nitrogens with zero attached hydrogens (tertiary/aromatic N) is 1. The van der Waals surface area contributed by atoms with Gasteiger partial charge in [0, 0.05) is 16.8 Å². The van der Waals surface area contributed by atoms with E-state index in [0.29, 0.717) is 16.3 Å². The highest BCUT2D eigenvalue weighted by molar-refractivity contribution is 7.14. The number of hydrogen-bond acceptors (Lipinski definition) is 4. The Kier molecular flexibility index (Phi) is 3.54. The monoisotopic (exact) mass is 281 g/mol. The topological polar surface area (TPSA) is 68.0 Å². The van der Waals surface area contributed by atoms with Crippen LogP contribution in [0.2, 0.25) is 5.15 Å². The maximum atomic E-state index is 12.0. The maximum Gasteiger partial charge on any atom is 0.265 e. The van der Waals surface area contributed by atoms with E-state index in [2.05, 4.69) is 10.3 Å². The molecule has 0 spiro atoms. The number of halogens is 1. The third-order valence-corrected chi connectivity index (χ3v) is 3.77. The predicted octanol–water partition coefficient (Wildman–Crippen LogP) is 3.25. The number of rotatable bonds is 2. The van der Waals surface area contributed by atoms with Crippen molar-refractivity contribution >= 4 is 40.2 Å². The van der Waals surface area contributed by atoms with Crippen LogP contribution in [0.3, 0.4) is 0 Å². The van der Waals surface area contributed by atoms with E-state index in [-0.39, 0.29) is 11.1 Å². The number of hydrogen-bond donors (Lipinski definition) is 2. The predicted molar refractivity (Wildman–Crippen MR) is 75.4 cm³/mol. The fourth-order valence-corrected chi connectivity index (χ4v) is 2.42. The van der Waals surface area contributed by atoms with Crippen LogP contribution in [0.5, 0.6) is 0 Å². The quantitative estimate of drug-likeness (QED) is 0.830. The second-order valence-electron chi connectivity index (χ2n) is 3.93. The van der Waals surface area contributed by atoms with Crippen molar-refractivity contribution in [2.24, 2.45) is 0 Å². The van der Waals surface area contributed by atoms with E-state index in [9.17, 15) is 4.79 Å². The molecule has 18 heavy (non-hydrogen) atoms. The van der Waals surface area contributed by atoms with Crippen molar-refractivity contribution in [3.05, 3.63) is 38.8 Å². The Hall–Kier alpha value is -1.59. The van der Waals surface area contributed by atoms with E-state index >= 15 is 0 Å². The lowest BCUT2D eigenvalue weighted by Gasteiger charge is -2.05. The van der Waals surface area contributed by atoms with E-state index in [1.807, 2.05) is 13.8 Å². The van der Waals surface area contributed by atoms with Crippen LogP contribution in [0.25, 0.3) is 0 Å². The first kappa shape index (κ1) is 12.9. The van der Waals surface area contributed by atoms with Crippen LogP contribution in [-0.4, -0.2) is 10.9 Å². The van der Waals surface area contributed by atoms with E-state index in [1.54, 1.807) is 18.3 Å². The largest absolute Gasteiger partial charge is 0.398 e. The summed E-state index contributed by atoms with van der Waals surface area (Å²) in [6, 6.07) is 3.43. The van der Waals surface area contributed by atoms with Gasteiger partial charge in [-0.25, -0.2) is 4.98 Å². The molecule has 2 heterocycles. The molecule has 0 saturated heterocycles. The SMILES string of the molecule is Cc1cnc(Cl)c(NC(=O)c2cc(N)c(C)s2)c1. The second kappa shape index (κ2) is 4.96. The van der Waals surface area contributed by atoms with Gasteiger partial charge < -0.3 is 11.1 Å². The maximum absolute atomic E-state index is 12.0. The summed E-state index contributed by atoms with van der Waals surface area (Å²) in [5.74, 6) is -0.228. The molecule has 4 nitrogen and oxygen atoms in total. The molecule has 2 rings (SSSR count). The molecule has 0 aliphatic rings. The van der Waals surface area contributed by atoms with Crippen LogP contribution in [0, 0.1) is 13.8 Å². The van der Waals surface area contributed by atoms with Crippen LogP contribution in [0.4, 0.5) is 11.4 Å². The molecule has 0 aliphatic carbocycles. The summed E-state index contributed by atoms with van der Waals surface area (Å²) >= 11 is 7.27. The molecule has 3 N–H and O–H groups in total. The van der Waals surface area contributed by atoms with Crippen molar-refractivity contribution < 1.29 is 4.79 Å². The van der Waals surface area contributed by atoms with Gasteiger partial charge in [0.25, 0.3) is 5.91 Å². The second-order valence-corrected chi connectivity index (χ2v) is 5.54. The molecule has 0 aromatic carbocycles.